The first-order valence-corrected chi connectivity index (χ1v) is 5.44. The molecule has 0 amide bonds. The Morgan fingerprint density at radius 3 is 2.00 bits per heavy atom. The molecule has 0 aromatic rings. The fourth-order valence-electron chi connectivity index (χ4n) is 1.19. The molecule has 3 N–H and O–H groups in total. The topological polar surface area (TPSA) is 94.8 Å². The summed E-state index contributed by atoms with van der Waals surface area (Å²) in [5.74, 6) is 0. The van der Waals surface area contributed by atoms with Crippen LogP contribution in [0.15, 0.2) is 0 Å². The lowest BCUT2D eigenvalue weighted by molar-refractivity contribution is 0.163. The van der Waals surface area contributed by atoms with Crippen molar-refractivity contribution in [1.29, 1.82) is 0 Å². The van der Waals surface area contributed by atoms with Crippen molar-refractivity contribution in [3.63, 3.8) is 0 Å². The molecule has 6 heteroatoms. The van der Waals surface area contributed by atoms with Crippen molar-refractivity contribution < 1.29 is 23.2 Å². The molecule has 0 rings (SSSR count). The first-order chi connectivity index (χ1) is 5.75. The van der Waals surface area contributed by atoms with E-state index in [0.717, 1.165) is 0 Å². The molecule has 5 nitrogen and oxygen atoms in total. The zero-order valence-corrected chi connectivity index (χ0v) is 8.58. The van der Waals surface area contributed by atoms with Gasteiger partial charge in [0.25, 0.3) is 10.1 Å². The zero-order chi connectivity index (χ0) is 10.7. The highest BCUT2D eigenvalue weighted by Gasteiger charge is 2.37. The smallest absolute Gasteiger partial charge is 0.270 e. The van der Waals surface area contributed by atoms with E-state index in [-0.39, 0.29) is 13.0 Å². The maximum absolute atomic E-state index is 10.8. The van der Waals surface area contributed by atoms with E-state index >= 15 is 0 Å². The predicted molar refractivity (Wildman–Crippen MR) is 47.9 cm³/mol. The molecule has 80 valence electrons. The Morgan fingerprint density at radius 2 is 1.77 bits per heavy atom. The largest absolute Gasteiger partial charge is 0.396 e. The van der Waals surface area contributed by atoms with Crippen LogP contribution in [-0.2, 0) is 10.1 Å². The Kier molecular flexibility index (Phi) is 4.31. The third-order valence-corrected chi connectivity index (χ3v) is 3.66. The van der Waals surface area contributed by atoms with E-state index in [4.69, 9.17) is 14.8 Å². The second-order valence-corrected chi connectivity index (χ2v) is 5.25. The summed E-state index contributed by atoms with van der Waals surface area (Å²) in [4.78, 5) is 0. The van der Waals surface area contributed by atoms with Gasteiger partial charge in [0.15, 0.2) is 0 Å². The molecule has 0 aromatic carbocycles. The van der Waals surface area contributed by atoms with Crippen LogP contribution in [0.3, 0.4) is 0 Å². The molecule has 1 atom stereocenters. The number of hydrogen-bond acceptors (Lipinski definition) is 4. The summed E-state index contributed by atoms with van der Waals surface area (Å²) < 4.78 is 30.4. The highest BCUT2D eigenvalue weighted by atomic mass is 32.2. The van der Waals surface area contributed by atoms with Gasteiger partial charge in [0.1, 0.15) is 5.25 Å². The van der Waals surface area contributed by atoms with Gasteiger partial charge in [-0.15, -0.1) is 0 Å². The average Bonchev–Trinajstić information content (AvgIpc) is 1.83. The molecule has 0 bridgehead atoms. The summed E-state index contributed by atoms with van der Waals surface area (Å²) in [5, 5.41) is 16.2. The van der Waals surface area contributed by atoms with Crippen molar-refractivity contribution in [3.05, 3.63) is 0 Å². The molecular formula is C7H16O5S. The Hall–Kier alpha value is -0.170. The number of aliphatic hydroxyl groups excluding tert-OH is 2. The number of rotatable bonds is 5. The molecule has 0 fully saturated rings. The SMILES string of the molecule is CC(C)(CCO)C(CO)S(=O)(=O)O. The molecule has 0 spiro atoms. The summed E-state index contributed by atoms with van der Waals surface area (Å²) in [6, 6.07) is 0. The first-order valence-electron chi connectivity index (χ1n) is 3.93. The molecule has 1 unspecified atom stereocenters. The lowest BCUT2D eigenvalue weighted by Gasteiger charge is -2.29. The van der Waals surface area contributed by atoms with Crippen molar-refractivity contribution in [1.82, 2.24) is 0 Å². The average molecular weight is 212 g/mol. The molecule has 0 saturated heterocycles. The van der Waals surface area contributed by atoms with Crippen LogP contribution in [-0.4, -0.2) is 41.6 Å². The second-order valence-electron chi connectivity index (χ2n) is 3.65. The van der Waals surface area contributed by atoms with Gasteiger partial charge < -0.3 is 10.2 Å². The molecule has 0 aliphatic carbocycles. The monoisotopic (exact) mass is 212 g/mol. The highest BCUT2D eigenvalue weighted by molar-refractivity contribution is 7.86. The summed E-state index contributed by atoms with van der Waals surface area (Å²) in [7, 11) is -4.26. The fraction of sp³-hybridized carbons (Fsp3) is 1.00. The molecular weight excluding hydrogens is 196 g/mol. The van der Waals surface area contributed by atoms with Gasteiger partial charge in [-0.2, -0.15) is 8.42 Å². The van der Waals surface area contributed by atoms with Crippen molar-refractivity contribution >= 4 is 10.1 Å². The lowest BCUT2D eigenvalue weighted by Crippen LogP contribution is -2.39. The van der Waals surface area contributed by atoms with Gasteiger partial charge in [-0.3, -0.25) is 4.55 Å². The summed E-state index contributed by atoms with van der Waals surface area (Å²) in [5.41, 5.74) is -0.836. The normalized spacial score (nSPS) is 15.8. The van der Waals surface area contributed by atoms with Crippen LogP contribution in [0.2, 0.25) is 0 Å². The second kappa shape index (κ2) is 4.36. The van der Waals surface area contributed by atoms with Crippen LogP contribution in [0.25, 0.3) is 0 Å². The van der Waals surface area contributed by atoms with E-state index in [2.05, 4.69) is 0 Å². The van der Waals surface area contributed by atoms with Gasteiger partial charge >= 0.3 is 0 Å². The maximum Gasteiger partial charge on any atom is 0.270 e. The minimum Gasteiger partial charge on any atom is -0.396 e. The van der Waals surface area contributed by atoms with Gasteiger partial charge in [0.2, 0.25) is 0 Å². The van der Waals surface area contributed by atoms with Crippen molar-refractivity contribution in [2.45, 2.75) is 25.5 Å². The van der Waals surface area contributed by atoms with Crippen molar-refractivity contribution in [3.8, 4) is 0 Å². The van der Waals surface area contributed by atoms with Crippen molar-refractivity contribution in [2.24, 2.45) is 5.41 Å². The standard InChI is InChI=1S/C7H16O5S/c1-7(2,3-4-8)6(5-9)13(10,11)12/h6,8-9H,3-5H2,1-2H3,(H,10,11,12). The maximum atomic E-state index is 10.8. The Morgan fingerprint density at radius 1 is 1.31 bits per heavy atom. The molecule has 13 heavy (non-hydrogen) atoms. The predicted octanol–water partition coefficient (Wildman–Crippen LogP) is -0.356. The number of hydrogen-bond donors (Lipinski definition) is 3. The van der Waals surface area contributed by atoms with Crippen LogP contribution in [0, 0.1) is 5.41 Å². The molecule has 0 heterocycles. The molecule has 0 aliphatic heterocycles. The van der Waals surface area contributed by atoms with Gasteiger partial charge in [-0.25, -0.2) is 0 Å². The lowest BCUT2D eigenvalue weighted by atomic mass is 9.86. The fourth-order valence-corrected chi connectivity index (χ4v) is 2.31. The van der Waals surface area contributed by atoms with Crippen LogP contribution >= 0.6 is 0 Å². The van der Waals surface area contributed by atoms with Crippen LogP contribution in [0.4, 0.5) is 0 Å². The third-order valence-electron chi connectivity index (χ3n) is 2.15. The van der Waals surface area contributed by atoms with E-state index in [0.29, 0.717) is 0 Å². The Bertz CT molecular complexity index is 244. The zero-order valence-electron chi connectivity index (χ0n) is 7.77. The molecule has 0 aliphatic rings. The number of aliphatic hydroxyl groups is 2. The highest BCUT2D eigenvalue weighted by Crippen LogP contribution is 2.29. The van der Waals surface area contributed by atoms with Crippen LogP contribution in [0.5, 0.6) is 0 Å². The van der Waals surface area contributed by atoms with Crippen LogP contribution < -0.4 is 0 Å². The minimum absolute atomic E-state index is 0.182. The molecule has 0 radical (unpaired) electrons. The van der Waals surface area contributed by atoms with Gasteiger partial charge in [0.05, 0.1) is 6.61 Å². The Labute approximate surface area is 78.1 Å². The van der Waals surface area contributed by atoms with E-state index in [1.165, 1.54) is 0 Å². The third kappa shape index (κ3) is 3.60. The van der Waals surface area contributed by atoms with Crippen molar-refractivity contribution in [2.75, 3.05) is 13.2 Å². The molecule has 0 aromatic heterocycles. The quantitative estimate of drug-likeness (QED) is 0.541. The van der Waals surface area contributed by atoms with E-state index < -0.39 is 27.4 Å². The summed E-state index contributed by atoms with van der Waals surface area (Å²) in [6.45, 7) is 2.31. The summed E-state index contributed by atoms with van der Waals surface area (Å²) >= 11 is 0. The van der Waals surface area contributed by atoms with E-state index in [1.54, 1.807) is 13.8 Å². The van der Waals surface area contributed by atoms with Gasteiger partial charge in [-0.1, -0.05) is 13.8 Å². The van der Waals surface area contributed by atoms with E-state index in [9.17, 15) is 8.42 Å². The molecule has 0 saturated carbocycles. The van der Waals surface area contributed by atoms with Crippen LogP contribution in [0.1, 0.15) is 20.3 Å². The first kappa shape index (κ1) is 12.8. The van der Waals surface area contributed by atoms with E-state index in [1.807, 2.05) is 0 Å². The van der Waals surface area contributed by atoms with Gasteiger partial charge in [0, 0.05) is 6.61 Å². The van der Waals surface area contributed by atoms with Gasteiger partial charge in [-0.05, 0) is 11.8 Å². The summed E-state index contributed by atoms with van der Waals surface area (Å²) in [6.07, 6.45) is 0.206. The Balaban J connectivity index is 4.77. The minimum atomic E-state index is -4.26.